The predicted molar refractivity (Wildman–Crippen MR) is 141 cm³/mol. The lowest BCUT2D eigenvalue weighted by Gasteiger charge is -2.35. The van der Waals surface area contributed by atoms with Gasteiger partial charge in [0.2, 0.25) is 5.91 Å². The molecule has 4 rings (SSSR count). The van der Waals surface area contributed by atoms with Crippen molar-refractivity contribution >= 4 is 23.5 Å². The Balaban J connectivity index is 1.62. The average Bonchev–Trinajstić information content (AvgIpc) is 3.19. The van der Waals surface area contributed by atoms with Gasteiger partial charge in [-0.2, -0.15) is 5.10 Å². The van der Waals surface area contributed by atoms with Crippen LogP contribution in [0, 0.1) is 6.92 Å². The Morgan fingerprint density at radius 3 is 2.29 bits per heavy atom. The fraction of sp³-hybridized carbons (Fsp3) is 0.407. The van der Waals surface area contributed by atoms with Gasteiger partial charge in [-0.1, -0.05) is 43.3 Å². The molecule has 6 nitrogen and oxygen atoms in total. The van der Waals surface area contributed by atoms with Gasteiger partial charge in [-0.15, -0.1) is 11.8 Å². The van der Waals surface area contributed by atoms with Gasteiger partial charge in [0.15, 0.2) is 0 Å². The molecule has 0 saturated carbocycles. The molecule has 1 aromatic heterocycles. The third-order valence-corrected chi connectivity index (χ3v) is 7.26. The monoisotopic (exact) mass is 477 g/mol. The summed E-state index contributed by atoms with van der Waals surface area (Å²) in [6, 6.07) is 20.5. The van der Waals surface area contributed by atoms with Gasteiger partial charge in [-0.3, -0.25) is 4.79 Å². The molecule has 3 aromatic rings. The van der Waals surface area contributed by atoms with Crippen LogP contribution < -0.4 is 4.90 Å². The predicted octanol–water partition coefficient (Wildman–Crippen LogP) is 4.46. The van der Waals surface area contributed by atoms with E-state index in [-0.39, 0.29) is 5.91 Å². The summed E-state index contributed by atoms with van der Waals surface area (Å²) in [4.78, 5) is 21.2. The quantitative estimate of drug-likeness (QED) is 0.426. The molecule has 1 fully saturated rings. The van der Waals surface area contributed by atoms with E-state index in [0.717, 1.165) is 66.8 Å². The molecular weight excluding hydrogens is 442 g/mol. The molecule has 2 heterocycles. The number of carbonyl (C=O) groups excluding carboxylic acids is 1. The first-order valence-electron chi connectivity index (χ1n) is 12.1. The number of aryl methyl sites for hydroxylation is 1. The van der Waals surface area contributed by atoms with Crippen molar-refractivity contribution in [3.8, 4) is 5.69 Å². The Morgan fingerprint density at radius 1 is 1.00 bits per heavy atom. The number of piperazine rings is 1. The van der Waals surface area contributed by atoms with Crippen molar-refractivity contribution in [2.75, 3.05) is 50.4 Å². The molecule has 0 N–H and O–H groups in total. The summed E-state index contributed by atoms with van der Waals surface area (Å²) in [6.07, 6.45) is 0.928. The van der Waals surface area contributed by atoms with Crippen molar-refractivity contribution in [3.05, 3.63) is 71.9 Å². The van der Waals surface area contributed by atoms with E-state index in [4.69, 9.17) is 5.10 Å². The van der Waals surface area contributed by atoms with Crippen LogP contribution in [0.15, 0.2) is 65.6 Å². The second-order valence-corrected chi connectivity index (χ2v) is 9.89. The number of amides is 1. The maximum atomic E-state index is 13.3. The lowest BCUT2D eigenvalue weighted by atomic mass is 10.2. The van der Waals surface area contributed by atoms with Crippen LogP contribution in [0.25, 0.3) is 5.69 Å². The van der Waals surface area contributed by atoms with Crippen LogP contribution in [0.4, 0.5) is 5.82 Å². The van der Waals surface area contributed by atoms with E-state index in [0.29, 0.717) is 12.3 Å². The van der Waals surface area contributed by atoms with Crippen molar-refractivity contribution in [3.63, 3.8) is 0 Å². The maximum Gasteiger partial charge on any atom is 0.233 e. The molecule has 0 bridgehead atoms. The van der Waals surface area contributed by atoms with E-state index in [1.807, 2.05) is 41.3 Å². The molecule has 1 aliphatic rings. The molecule has 2 aromatic carbocycles. The zero-order chi connectivity index (χ0) is 23.9. The first-order valence-corrected chi connectivity index (χ1v) is 13.1. The number of nitrogens with zero attached hydrogens (tertiary/aromatic N) is 5. The van der Waals surface area contributed by atoms with Crippen molar-refractivity contribution < 1.29 is 4.79 Å². The number of carbonyl (C=O) groups is 1. The lowest BCUT2D eigenvalue weighted by Crippen LogP contribution is -2.45. The largest absolute Gasteiger partial charge is 0.354 e. The van der Waals surface area contributed by atoms with Gasteiger partial charge in [-0.05, 0) is 44.7 Å². The minimum absolute atomic E-state index is 0.173. The van der Waals surface area contributed by atoms with Gasteiger partial charge >= 0.3 is 0 Å². The second kappa shape index (κ2) is 11.6. The number of aromatic nitrogens is 2. The number of benzene rings is 2. The Labute approximate surface area is 207 Å². The maximum absolute atomic E-state index is 13.3. The van der Waals surface area contributed by atoms with Crippen LogP contribution in [-0.2, 0) is 11.3 Å². The van der Waals surface area contributed by atoms with E-state index in [1.54, 1.807) is 11.8 Å². The standard InChI is InChI=1S/C27H35N5OS/c1-4-15-31(26(33)21-34-24-13-9-6-10-14-24)20-25-22(2)28-32(23-11-7-5-8-12-23)27(25)30-18-16-29(3)17-19-30/h5-14H,4,15-21H2,1-3H3. The average molecular weight is 478 g/mol. The molecular formula is C27H35N5OS. The van der Waals surface area contributed by atoms with Crippen LogP contribution in [0.2, 0.25) is 0 Å². The molecule has 0 atom stereocenters. The lowest BCUT2D eigenvalue weighted by molar-refractivity contribution is -0.129. The Hall–Kier alpha value is -2.77. The van der Waals surface area contributed by atoms with Crippen LogP contribution in [0.5, 0.6) is 0 Å². The molecule has 1 amide bonds. The minimum Gasteiger partial charge on any atom is -0.354 e. The summed E-state index contributed by atoms with van der Waals surface area (Å²) in [5.74, 6) is 1.74. The van der Waals surface area contributed by atoms with Gasteiger partial charge < -0.3 is 14.7 Å². The highest BCUT2D eigenvalue weighted by molar-refractivity contribution is 8.00. The van der Waals surface area contributed by atoms with Gasteiger partial charge in [0.05, 0.1) is 23.7 Å². The van der Waals surface area contributed by atoms with E-state index in [2.05, 4.69) is 59.6 Å². The first-order chi connectivity index (χ1) is 16.6. The summed E-state index contributed by atoms with van der Waals surface area (Å²) in [6.45, 7) is 9.47. The molecule has 0 unspecified atom stereocenters. The van der Waals surface area contributed by atoms with Crippen molar-refractivity contribution in [2.24, 2.45) is 0 Å². The molecule has 1 saturated heterocycles. The van der Waals surface area contributed by atoms with Gasteiger partial charge in [0.1, 0.15) is 5.82 Å². The number of thioether (sulfide) groups is 1. The van der Waals surface area contributed by atoms with Gasteiger partial charge in [0.25, 0.3) is 0 Å². The molecule has 1 aliphatic heterocycles. The number of hydrogen-bond acceptors (Lipinski definition) is 5. The summed E-state index contributed by atoms with van der Waals surface area (Å²) >= 11 is 1.60. The van der Waals surface area contributed by atoms with E-state index < -0.39 is 0 Å². The van der Waals surface area contributed by atoms with Crippen molar-refractivity contribution in [1.29, 1.82) is 0 Å². The SMILES string of the molecule is CCCN(Cc1c(C)nn(-c2ccccc2)c1N1CCN(C)CC1)C(=O)CSc1ccccc1. The topological polar surface area (TPSA) is 44.6 Å². The highest BCUT2D eigenvalue weighted by Gasteiger charge is 2.27. The van der Waals surface area contributed by atoms with E-state index in [9.17, 15) is 4.79 Å². The second-order valence-electron chi connectivity index (χ2n) is 8.84. The Bertz CT molecular complexity index is 1060. The molecule has 0 aliphatic carbocycles. The number of para-hydroxylation sites is 1. The smallest absolute Gasteiger partial charge is 0.233 e. The van der Waals surface area contributed by atoms with Crippen molar-refractivity contribution in [1.82, 2.24) is 19.6 Å². The zero-order valence-corrected chi connectivity index (χ0v) is 21.3. The van der Waals surface area contributed by atoms with Gasteiger partial charge in [0, 0.05) is 43.2 Å². The molecule has 180 valence electrons. The zero-order valence-electron chi connectivity index (χ0n) is 20.5. The summed E-state index contributed by atoms with van der Waals surface area (Å²) in [5.41, 5.74) is 3.20. The molecule has 34 heavy (non-hydrogen) atoms. The minimum atomic E-state index is 0.173. The highest BCUT2D eigenvalue weighted by Crippen LogP contribution is 2.30. The molecule has 7 heteroatoms. The summed E-state index contributed by atoms with van der Waals surface area (Å²) in [7, 11) is 2.17. The summed E-state index contributed by atoms with van der Waals surface area (Å²) in [5, 5.41) is 4.96. The summed E-state index contributed by atoms with van der Waals surface area (Å²) < 4.78 is 2.07. The fourth-order valence-electron chi connectivity index (χ4n) is 4.33. The molecule has 0 radical (unpaired) electrons. The van der Waals surface area contributed by atoms with Crippen LogP contribution in [0.1, 0.15) is 24.6 Å². The normalized spacial score (nSPS) is 14.4. The first kappa shape index (κ1) is 24.4. The molecule has 0 spiro atoms. The van der Waals surface area contributed by atoms with Gasteiger partial charge in [-0.25, -0.2) is 4.68 Å². The van der Waals surface area contributed by atoms with E-state index >= 15 is 0 Å². The van der Waals surface area contributed by atoms with E-state index in [1.165, 1.54) is 0 Å². The third-order valence-electron chi connectivity index (χ3n) is 6.26. The van der Waals surface area contributed by atoms with Crippen LogP contribution in [-0.4, -0.2) is 71.0 Å². The number of hydrogen-bond donors (Lipinski definition) is 0. The van der Waals surface area contributed by atoms with Crippen molar-refractivity contribution in [2.45, 2.75) is 31.7 Å². The number of anilines is 1. The fourth-order valence-corrected chi connectivity index (χ4v) is 5.15. The Morgan fingerprint density at radius 2 is 1.65 bits per heavy atom. The third kappa shape index (κ3) is 5.83. The highest BCUT2D eigenvalue weighted by atomic mass is 32.2. The number of likely N-dealkylation sites (N-methyl/N-ethyl adjacent to an activating group) is 1. The van der Waals surface area contributed by atoms with Crippen LogP contribution >= 0.6 is 11.8 Å². The number of rotatable bonds is 9. The Kier molecular flexibility index (Phi) is 8.29. The van der Waals surface area contributed by atoms with Crippen LogP contribution in [0.3, 0.4) is 0 Å².